The van der Waals surface area contributed by atoms with Gasteiger partial charge < -0.3 is 10.1 Å². The van der Waals surface area contributed by atoms with Crippen LogP contribution >= 0.6 is 0 Å². The fraction of sp³-hybridized carbons (Fsp3) is 0.385. The van der Waals surface area contributed by atoms with Gasteiger partial charge in [-0.1, -0.05) is 6.07 Å². The first-order valence-corrected chi connectivity index (χ1v) is 6.05. The van der Waals surface area contributed by atoms with Crippen LogP contribution in [0.25, 0.3) is 0 Å². The maximum Gasteiger partial charge on any atom is 0.218 e. The summed E-state index contributed by atoms with van der Waals surface area (Å²) < 4.78 is 5.66. The zero-order valence-corrected chi connectivity index (χ0v) is 10.7. The second kappa shape index (κ2) is 6.16. The van der Waals surface area contributed by atoms with Crippen molar-refractivity contribution in [1.82, 2.24) is 20.5 Å². The Morgan fingerprint density at radius 1 is 1.28 bits per heavy atom. The molecule has 0 aliphatic carbocycles. The summed E-state index contributed by atoms with van der Waals surface area (Å²) in [5.41, 5.74) is 2.12. The molecule has 18 heavy (non-hydrogen) atoms. The highest BCUT2D eigenvalue weighted by Gasteiger charge is 2.06. The van der Waals surface area contributed by atoms with E-state index in [1.165, 1.54) is 0 Å². The monoisotopic (exact) mass is 246 g/mol. The number of nitrogens with one attached hydrogen (secondary N) is 2. The predicted octanol–water partition coefficient (Wildman–Crippen LogP) is 1.88. The standard InChI is InChI=1S/C13H18N4O/c1-10(2)18-13-11(4-3-6-15-13)8-14-9-12-5-7-16-17-12/h3-7,10,14H,8-9H2,1-2H3,(H,16,17). The third kappa shape index (κ3) is 3.56. The van der Waals surface area contributed by atoms with Gasteiger partial charge >= 0.3 is 0 Å². The molecule has 0 bridgehead atoms. The molecule has 0 fully saturated rings. The fourth-order valence-electron chi connectivity index (χ4n) is 1.60. The lowest BCUT2D eigenvalue weighted by Gasteiger charge is -2.13. The predicted molar refractivity (Wildman–Crippen MR) is 69.1 cm³/mol. The SMILES string of the molecule is CC(C)Oc1ncccc1CNCc1ccn[nH]1. The zero-order chi connectivity index (χ0) is 12.8. The van der Waals surface area contributed by atoms with Crippen LogP contribution in [0.2, 0.25) is 0 Å². The van der Waals surface area contributed by atoms with E-state index in [2.05, 4.69) is 20.5 Å². The molecule has 0 radical (unpaired) electrons. The van der Waals surface area contributed by atoms with Gasteiger partial charge in [0.05, 0.1) is 6.10 Å². The van der Waals surface area contributed by atoms with Gasteiger partial charge in [0.1, 0.15) is 0 Å². The van der Waals surface area contributed by atoms with E-state index >= 15 is 0 Å². The van der Waals surface area contributed by atoms with Crippen molar-refractivity contribution in [3.05, 3.63) is 41.9 Å². The number of pyridine rings is 1. The van der Waals surface area contributed by atoms with Crippen LogP contribution in [0, 0.1) is 0 Å². The summed E-state index contributed by atoms with van der Waals surface area (Å²) in [4.78, 5) is 4.25. The lowest BCUT2D eigenvalue weighted by atomic mass is 10.2. The zero-order valence-electron chi connectivity index (χ0n) is 10.7. The van der Waals surface area contributed by atoms with Crippen molar-refractivity contribution >= 4 is 0 Å². The van der Waals surface area contributed by atoms with Crippen molar-refractivity contribution in [3.8, 4) is 5.88 Å². The number of hydrogen-bond acceptors (Lipinski definition) is 4. The van der Waals surface area contributed by atoms with Crippen LogP contribution in [0.3, 0.4) is 0 Å². The Kier molecular flexibility index (Phi) is 4.30. The van der Waals surface area contributed by atoms with Gasteiger partial charge in [0, 0.05) is 36.7 Å². The summed E-state index contributed by atoms with van der Waals surface area (Å²) in [6.07, 6.45) is 3.62. The van der Waals surface area contributed by atoms with E-state index in [-0.39, 0.29) is 6.10 Å². The first-order chi connectivity index (χ1) is 8.75. The van der Waals surface area contributed by atoms with Crippen LogP contribution in [0.1, 0.15) is 25.1 Å². The van der Waals surface area contributed by atoms with Crippen LogP contribution in [-0.2, 0) is 13.1 Å². The largest absolute Gasteiger partial charge is 0.475 e. The first-order valence-electron chi connectivity index (χ1n) is 6.05. The van der Waals surface area contributed by atoms with Gasteiger partial charge in [-0.15, -0.1) is 0 Å². The second-order valence-electron chi connectivity index (χ2n) is 4.32. The Morgan fingerprint density at radius 2 is 2.17 bits per heavy atom. The summed E-state index contributed by atoms with van der Waals surface area (Å²) in [6.45, 7) is 5.46. The Balaban J connectivity index is 1.92. The summed E-state index contributed by atoms with van der Waals surface area (Å²) >= 11 is 0. The van der Waals surface area contributed by atoms with Crippen molar-refractivity contribution in [3.63, 3.8) is 0 Å². The molecule has 2 aromatic rings. The summed E-state index contributed by atoms with van der Waals surface area (Å²) in [5, 5.41) is 10.1. The molecule has 0 aromatic carbocycles. The van der Waals surface area contributed by atoms with E-state index in [1.807, 2.05) is 32.0 Å². The molecular weight excluding hydrogens is 228 g/mol. The molecule has 96 valence electrons. The van der Waals surface area contributed by atoms with E-state index < -0.39 is 0 Å². The number of aromatic amines is 1. The molecule has 2 rings (SSSR count). The molecule has 0 unspecified atom stereocenters. The summed E-state index contributed by atoms with van der Waals surface area (Å²) in [5.74, 6) is 0.699. The van der Waals surface area contributed by atoms with Crippen LogP contribution < -0.4 is 10.1 Å². The molecule has 0 spiro atoms. The summed E-state index contributed by atoms with van der Waals surface area (Å²) in [6, 6.07) is 5.88. The molecule has 0 saturated carbocycles. The van der Waals surface area contributed by atoms with Gasteiger partial charge in [-0.05, 0) is 26.0 Å². The molecule has 0 atom stereocenters. The lowest BCUT2D eigenvalue weighted by molar-refractivity contribution is 0.229. The Morgan fingerprint density at radius 3 is 2.89 bits per heavy atom. The minimum Gasteiger partial charge on any atom is -0.475 e. The Bertz CT molecular complexity index is 468. The third-order valence-corrected chi connectivity index (χ3v) is 2.39. The molecule has 0 saturated heterocycles. The molecule has 0 aliphatic heterocycles. The average molecular weight is 246 g/mol. The van der Waals surface area contributed by atoms with Gasteiger partial charge in [-0.25, -0.2) is 4.98 Å². The van der Waals surface area contributed by atoms with Crippen molar-refractivity contribution in [2.75, 3.05) is 0 Å². The van der Waals surface area contributed by atoms with E-state index in [9.17, 15) is 0 Å². The number of H-pyrrole nitrogens is 1. The first kappa shape index (κ1) is 12.6. The minimum atomic E-state index is 0.131. The second-order valence-corrected chi connectivity index (χ2v) is 4.32. The van der Waals surface area contributed by atoms with Crippen molar-refractivity contribution in [2.24, 2.45) is 0 Å². The van der Waals surface area contributed by atoms with Crippen LogP contribution in [0.5, 0.6) is 5.88 Å². The highest BCUT2D eigenvalue weighted by Crippen LogP contribution is 2.15. The van der Waals surface area contributed by atoms with Gasteiger partial charge in [0.15, 0.2) is 0 Å². The number of nitrogens with zero attached hydrogens (tertiary/aromatic N) is 2. The number of aromatic nitrogens is 3. The van der Waals surface area contributed by atoms with Crippen molar-refractivity contribution < 1.29 is 4.74 Å². The van der Waals surface area contributed by atoms with Crippen molar-refractivity contribution in [1.29, 1.82) is 0 Å². The molecule has 0 amide bonds. The topological polar surface area (TPSA) is 62.8 Å². The van der Waals surface area contributed by atoms with Crippen LogP contribution in [0.15, 0.2) is 30.6 Å². The number of ether oxygens (including phenoxy) is 1. The maximum atomic E-state index is 5.66. The minimum absolute atomic E-state index is 0.131. The number of hydrogen-bond donors (Lipinski definition) is 2. The highest BCUT2D eigenvalue weighted by atomic mass is 16.5. The quantitative estimate of drug-likeness (QED) is 0.817. The van der Waals surface area contributed by atoms with E-state index in [0.29, 0.717) is 5.88 Å². The Labute approximate surface area is 107 Å². The molecule has 5 heteroatoms. The van der Waals surface area contributed by atoms with Gasteiger partial charge in [-0.2, -0.15) is 5.10 Å². The smallest absolute Gasteiger partial charge is 0.218 e. The molecule has 5 nitrogen and oxygen atoms in total. The average Bonchev–Trinajstić information content (AvgIpc) is 2.84. The van der Waals surface area contributed by atoms with Crippen LogP contribution in [-0.4, -0.2) is 21.3 Å². The molecule has 2 heterocycles. The van der Waals surface area contributed by atoms with Gasteiger partial charge in [0.25, 0.3) is 0 Å². The maximum absolute atomic E-state index is 5.66. The van der Waals surface area contributed by atoms with Gasteiger partial charge in [0.2, 0.25) is 5.88 Å². The van der Waals surface area contributed by atoms with Crippen molar-refractivity contribution in [2.45, 2.75) is 33.0 Å². The normalized spacial score (nSPS) is 10.8. The van der Waals surface area contributed by atoms with Crippen LogP contribution in [0.4, 0.5) is 0 Å². The highest BCUT2D eigenvalue weighted by molar-refractivity contribution is 5.25. The molecule has 2 aromatic heterocycles. The van der Waals surface area contributed by atoms with E-state index in [1.54, 1.807) is 12.4 Å². The molecule has 0 aliphatic rings. The number of rotatable bonds is 6. The van der Waals surface area contributed by atoms with Gasteiger partial charge in [-0.3, -0.25) is 5.10 Å². The Hall–Kier alpha value is -1.88. The van der Waals surface area contributed by atoms with E-state index in [0.717, 1.165) is 24.3 Å². The fourth-order valence-corrected chi connectivity index (χ4v) is 1.60. The summed E-state index contributed by atoms with van der Waals surface area (Å²) in [7, 11) is 0. The third-order valence-electron chi connectivity index (χ3n) is 2.39. The molecule has 2 N–H and O–H groups in total. The molecular formula is C13H18N4O. The van der Waals surface area contributed by atoms with E-state index in [4.69, 9.17) is 4.74 Å². The lowest BCUT2D eigenvalue weighted by Crippen LogP contribution is -2.16.